The summed E-state index contributed by atoms with van der Waals surface area (Å²) in [6.45, 7) is 5.38. The van der Waals surface area contributed by atoms with Crippen molar-refractivity contribution in [2.45, 2.75) is 32.3 Å². The van der Waals surface area contributed by atoms with Crippen LogP contribution in [0.2, 0.25) is 0 Å². The molecule has 1 aromatic rings. The van der Waals surface area contributed by atoms with Gasteiger partial charge in [-0.3, -0.25) is 0 Å². The number of aryl methyl sites for hydroxylation is 1. The summed E-state index contributed by atoms with van der Waals surface area (Å²) < 4.78 is 5.59. The minimum atomic E-state index is -0.399. The van der Waals surface area contributed by atoms with Gasteiger partial charge in [-0.05, 0) is 45.0 Å². The Bertz CT molecular complexity index is 344. The molecule has 0 aliphatic carbocycles. The second-order valence-electron chi connectivity index (χ2n) is 5.14. The SMILES string of the molecule is Cc1ccc(OC[C@@H](O)CN2CCCCC2)cc1. The lowest BCUT2D eigenvalue weighted by Crippen LogP contribution is -2.38. The Labute approximate surface area is 109 Å². The van der Waals surface area contributed by atoms with E-state index < -0.39 is 6.10 Å². The number of β-amino-alcohol motifs (C(OH)–C–C–N with tert-alkyl or cyclic N) is 1. The van der Waals surface area contributed by atoms with Crippen molar-refractivity contribution >= 4 is 0 Å². The molecule has 3 heteroatoms. The molecule has 100 valence electrons. The van der Waals surface area contributed by atoms with Crippen LogP contribution in [0.5, 0.6) is 5.75 Å². The lowest BCUT2D eigenvalue weighted by Gasteiger charge is -2.28. The Morgan fingerprint density at radius 2 is 1.83 bits per heavy atom. The van der Waals surface area contributed by atoms with E-state index in [1.165, 1.54) is 24.8 Å². The Morgan fingerprint density at radius 3 is 2.50 bits per heavy atom. The molecule has 2 rings (SSSR count). The topological polar surface area (TPSA) is 32.7 Å². The Kier molecular flexibility index (Phi) is 5.02. The van der Waals surface area contributed by atoms with E-state index in [1.807, 2.05) is 24.3 Å². The lowest BCUT2D eigenvalue weighted by molar-refractivity contribution is 0.0617. The van der Waals surface area contributed by atoms with E-state index in [2.05, 4.69) is 11.8 Å². The van der Waals surface area contributed by atoms with Crippen molar-refractivity contribution in [3.8, 4) is 5.75 Å². The molecule has 1 aromatic carbocycles. The van der Waals surface area contributed by atoms with Gasteiger partial charge in [0.05, 0.1) is 0 Å². The van der Waals surface area contributed by atoms with Crippen molar-refractivity contribution in [3.63, 3.8) is 0 Å². The van der Waals surface area contributed by atoms with Gasteiger partial charge in [0.2, 0.25) is 0 Å². The summed E-state index contributed by atoms with van der Waals surface area (Å²) in [5.41, 5.74) is 1.22. The normalized spacial score (nSPS) is 18.6. The van der Waals surface area contributed by atoms with E-state index in [-0.39, 0.29) is 0 Å². The lowest BCUT2D eigenvalue weighted by atomic mass is 10.1. The molecule has 0 aromatic heterocycles. The highest BCUT2D eigenvalue weighted by Crippen LogP contribution is 2.12. The zero-order chi connectivity index (χ0) is 12.8. The molecule has 0 bridgehead atoms. The monoisotopic (exact) mass is 249 g/mol. The number of benzene rings is 1. The highest BCUT2D eigenvalue weighted by atomic mass is 16.5. The van der Waals surface area contributed by atoms with Gasteiger partial charge >= 0.3 is 0 Å². The highest BCUT2D eigenvalue weighted by Gasteiger charge is 2.14. The summed E-state index contributed by atoms with van der Waals surface area (Å²) in [5, 5.41) is 9.95. The molecule has 1 atom stereocenters. The summed E-state index contributed by atoms with van der Waals surface area (Å²) >= 11 is 0. The Morgan fingerprint density at radius 1 is 1.17 bits per heavy atom. The van der Waals surface area contributed by atoms with Crippen molar-refractivity contribution in [3.05, 3.63) is 29.8 Å². The standard InChI is InChI=1S/C15H23NO2/c1-13-5-7-15(8-6-13)18-12-14(17)11-16-9-3-2-4-10-16/h5-8,14,17H,2-4,9-12H2,1H3/t14-/m0/s1. The second-order valence-corrected chi connectivity index (χ2v) is 5.14. The van der Waals surface area contributed by atoms with E-state index in [4.69, 9.17) is 4.74 Å². The van der Waals surface area contributed by atoms with Crippen LogP contribution in [0, 0.1) is 6.92 Å². The zero-order valence-electron chi connectivity index (χ0n) is 11.1. The van der Waals surface area contributed by atoms with Crippen molar-refractivity contribution in [1.29, 1.82) is 0 Å². The number of rotatable bonds is 5. The quantitative estimate of drug-likeness (QED) is 0.868. The molecule has 1 N–H and O–H groups in total. The van der Waals surface area contributed by atoms with Crippen LogP contribution in [0.15, 0.2) is 24.3 Å². The number of ether oxygens (including phenoxy) is 1. The number of hydrogen-bond donors (Lipinski definition) is 1. The fourth-order valence-electron chi connectivity index (χ4n) is 2.32. The molecule has 1 saturated heterocycles. The first-order chi connectivity index (χ1) is 8.74. The number of nitrogens with zero attached hydrogens (tertiary/aromatic N) is 1. The van der Waals surface area contributed by atoms with E-state index in [0.717, 1.165) is 25.4 Å². The van der Waals surface area contributed by atoms with Gasteiger partial charge in [-0.15, -0.1) is 0 Å². The van der Waals surface area contributed by atoms with Crippen LogP contribution in [0.1, 0.15) is 24.8 Å². The van der Waals surface area contributed by atoms with Crippen LogP contribution < -0.4 is 4.74 Å². The molecule has 0 saturated carbocycles. The second kappa shape index (κ2) is 6.76. The number of hydrogen-bond acceptors (Lipinski definition) is 3. The maximum atomic E-state index is 9.95. The van der Waals surface area contributed by atoms with Crippen LogP contribution in [0.25, 0.3) is 0 Å². The molecule has 1 aliphatic rings. The largest absolute Gasteiger partial charge is 0.491 e. The van der Waals surface area contributed by atoms with Crippen LogP contribution >= 0.6 is 0 Å². The molecule has 1 fully saturated rings. The summed E-state index contributed by atoms with van der Waals surface area (Å²) in [4.78, 5) is 2.33. The summed E-state index contributed by atoms with van der Waals surface area (Å²) in [6, 6.07) is 7.94. The molecule has 0 radical (unpaired) electrons. The average Bonchev–Trinajstić information content (AvgIpc) is 2.39. The van der Waals surface area contributed by atoms with E-state index in [1.54, 1.807) is 0 Å². The van der Waals surface area contributed by atoms with Crippen molar-refractivity contribution < 1.29 is 9.84 Å². The summed E-state index contributed by atoms with van der Waals surface area (Å²) in [7, 11) is 0. The van der Waals surface area contributed by atoms with E-state index in [9.17, 15) is 5.11 Å². The number of aliphatic hydroxyl groups is 1. The average molecular weight is 249 g/mol. The van der Waals surface area contributed by atoms with Gasteiger partial charge in [0.1, 0.15) is 18.5 Å². The predicted molar refractivity (Wildman–Crippen MR) is 73.0 cm³/mol. The van der Waals surface area contributed by atoms with Crippen LogP contribution in [-0.2, 0) is 0 Å². The Balaban J connectivity index is 1.70. The van der Waals surface area contributed by atoms with Crippen molar-refractivity contribution in [1.82, 2.24) is 4.90 Å². The fraction of sp³-hybridized carbons (Fsp3) is 0.600. The first-order valence-corrected chi connectivity index (χ1v) is 6.84. The third kappa shape index (κ3) is 4.31. The van der Waals surface area contributed by atoms with Gasteiger partial charge in [-0.25, -0.2) is 0 Å². The van der Waals surface area contributed by atoms with Gasteiger partial charge in [-0.1, -0.05) is 24.1 Å². The molecule has 18 heavy (non-hydrogen) atoms. The van der Waals surface area contributed by atoms with Gasteiger partial charge in [0.15, 0.2) is 0 Å². The third-order valence-corrected chi connectivity index (χ3v) is 3.38. The number of likely N-dealkylation sites (tertiary alicyclic amines) is 1. The minimum Gasteiger partial charge on any atom is -0.491 e. The van der Waals surface area contributed by atoms with Crippen LogP contribution in [0.3, 0.4) is 0 Å². The first kappa shape index (κ1) is 13.4. The molecular weight excluding hydrogens is 226 g/mol. The van der Waals surface area contributed by atoms with Crippen molar-refractivity contribution in [2.75, 3.05) is 26.2 Å². The van der Waals surface area contributed by atoms with Crippen molar-refractivity contribution in [2.24, 2.45) is 0 Å². The molecule has 3 nitrogen and oxygen atoms in total. The molecule has 0 amide bonds. The smallest absolute Gasteiger partial charge is 0.119 e. The molecule has 0 spiro atoms. The van der Waals surface area contributed by atoms with Crippen LogP contribution in [0.4, 0.5) is 0 Å². The maximum absolute atomic E-state index is 9.95. The van der Waals surface area contributed by atoms with Gasteiger partial charge in [0.25, 0.3) is 0 Å². The minimum absolute atomic E-state index is 0.375. The fourth-order valence-corrected chi connectivity index (χ4v) is 2.32. The van der Waals surface area contributed by atoms with E-state index in [0.29, 0.717) is 6.61 Å². The molecule has 1 heterocycles. The molecule has 0 unspecified atom stereocenters. The first-order valence-electron chi connectivity index (χ1n) is 6.84. The van der Waals surface area contributed by atoms with E-state index >= 15 is 0 Å². The summed E-state index contributed by atoms with van der Waals surface area (Å²) in [6.07, 6.45) is 3.44. The number of aliphatic hydroxyl groups excluding tert-OH is 1. The third-order valence-electron chi connectivity index (χ3n) is 3.38. The van der Waals surface area contributed by atoms with Gasteiger partial charge in [-0.2, -0.15) is 0 Å². The maximum Gasteiger partial charge on any atom is 0.119 e. The zero-order valence-corrected chi connectivity index (χ0v) is 11.1. The highest BCUT2D eigenvalue weighted by molar-refractivity contribution is 5.26. The van der Waals surface area contributed by atoms with Crippen LogP contribution in [-0.4, -0.2) is 42.4 Å². The molecule has 1 aliphatic heterocycles. The Hall–Kier alpha value is -1.06. The number of piperidine rings is 1. The molecular formula is C15H23NO2. The predicted octanol–water partition coefficient (Wildman–Crippen LogP) is 2.22. The van der Waals surface area contributed by atoms with Gasteiger partial charge in [0, 0.05) is 6.54 Å². The van der Waals surface area contributed by atoms with Gasteiger partial charge < -0.3 is 14.7 Å². The summed E-state index contributed by atoms with van der Waals surface area (Å²) in [5.74, 6) is 0.832.